The molecule has 9 heteroatoms. The summed E-state index contributed by atoms with van der Waals surface area (Å²) in [5, 5.41) is 40.4. The van der Waals surface area contributed by atoms with Gasteiger partial charge < -0.3 is 36.4 Å². The first kappa shape index (κ1) is 38.8. The van der Waals surface area contributed by atoms with Gasteiger partial charge in [-0.1, -0.05) is 38.0 Å². The van der Waals surface area contributed by atoms with Gasteiger partial charge in [0, 0.05) is 38.3 Å². The molecule has 2 aliphatic heterocycles. The number of nitrogens with one attached hydrogen (secondary N) is 2. The molecule has 7 N–H and O–H groups in total. The molecule has 2 saturated carbocycles. The molecule has 0 radical (unpaired) electrons. The zero-order chi connectivity index (χ0) is 34.9. The van der Waals surface area contributed by atoms with Crippen LogP contribution in [-0.2, 0) is 14.3 Å². The van der Waals surface area contributed by atoms with E-state index in [0.717, 1.165) is 70.9 Å². The van der Waals surface area contributed by atoms with Crippen LogP contribution in [0.15, 0.2) is 0 Å². The molecule has 14 atom stereocenters. The number of fused-ring (bicyclic) bond motifs is 2. The van der Waals surface area contributed by atoms with E-state index < -0.39 is 24.2 Å². The third-order valence-corrected chi connectivity index (χ3v) is 13.4. The van der Waals surface area contributed by atoms with E-state index in [1.165, 1.54) is 6.42 Å². The summed E-state index contributed by atoms with van der Waals surface area (Å²) in [5.74, 6) is 9.09. The lowest BCUT2D eigenvalue weighted by atomic mass is 9.67. The van der Waals surface area contributed by atoms with Crippen molar-refractivity contribution in [2.45, 2.75) is 159 Å². The highest BCUT2D eigenvalue weighted by Crippen LogP contribution is 2.42. The number of carbonyl (C=O) groups is 2. The first-order valence-corrected chi connectivity index (χ1v) is 20.0. The second-order valence-electron chi connectivity index (χ2n) is 16.6. The highest BCUT2D eigenvalue weighted by Gasteiger charge is 2.41. The van der Waals surface area contributed by atoms with Gasteiger partial charge in [0.15, 0.2) is 0 Å². The average molecular weight is 686 g/mol. The lowest BCUT2D eigenvalue weighted by molar-refractivity contribution is -0.125. The van der Waals surface area contributed by atoms with Gasteiger partial charge in [0.25, 0.3) is 0 Å². The molecule has 5 rings (SSSR count). The van der Waals surface area contributed by atoms with Crippen molar-refractivity contribution in [2.24, 2.45) is 53.1 Å². The Hall–Kier alpha value is -1.38. The Kier molecular flexibility index (Phi) is 15.0. The monoisotopic (exact) mass is 686 g/mol. The van der Waals surface area contributed by atoms with Gasteiger partial charge in [-0.15, -0.1) is 0 Å². The van der Waals surface area contributed by atoms with E-state index in [-0.39, 0.29) is 35.8 Å². The van der Waals surface area contributed by atoms with E-state index in [1.54, 1.807) is 7.11 Å². The van der Waals surface area contributed by atoms with Gasteiger partial charge in [-0.2, -0.15) is 0 Å². The Labute approximate surface area is 295 Å². The number of aliphatic hydroxyl groups is 3. The second-order valence-corrected chi connectivity index (χ2v) is 16.6. The van der Waals surface area contributed by atoms with E-state index in [1.807, 2.05) is 0 Å². The molecule has 49 heavy (non-hydrogen) atoms. The normalized spacial score (nSPS) is 39.7. The van der Waals surface area contributed by atoms with Crippen molar-refractivity contribution in [2.75, 3.05) is 20.2 Å². The first-order chi connectivity index (χ1) is 23.6. The summed E-state index contributed by atoms with van der Waals surface area (Å²) in [4.78, 5) is 25.4. The van der Waals surface area contributed by atoms with Crippen LogP contribution in [-0.4, -0.2) is 83.7 Å². The van der Waals surface area contributed by atoms with E-state index in [0.29, 0.717) is 86.9 Å². The molecule has 7 unspecified atom stereocenters. The largest absolute Gasteiger partial charge is 0.393 e. The molecule has 0 aromatic heterocycles. The molecule has 0 spiro atoms. The molecule has 2 saturated heterocycles. The van der Waals surface area contributed by atoms with Crippen LogP contribution in [0.1, 0.15) is 122 Å². The van der Waals surface area contributed by atoms with Crippen molar-refractivity contribution in [1.29, 1.82) is 0 Å². The van der Waals surface area contributed by atoms with Gasteiger partial charge in [0.2, 0.25) is 0 Å². The number of Topliss-reactive ketones (excluding diaryl/α,β-unsaturated/α-hetero) is 2. The Morgan fingerprint density at radius 1 is 0.898 bits per heavy atom. The van der Waals surface area contributed by atoms with Crippen LogP contribution in [0.5, 0.6) is 0 Å². The molecule has 4 fully saturated rings. The van der Waals surface area contributed by atoms with E-state index in [4.69, 9.17) is 10.5 Å². The molecule has 0 bridgehead atoms. The van der Waals surface area contributed by atoms with Crippen LogP contribution in [0.4, 0.5) is 0 Å². The standard InChI is InChI=1S/C40H67N3O6/c1-3-26-24-43-40(41)20-28(26)9-14-31(44)13-8-27-11-16-33(37(47)17-12-29-19-39(49-2)38(48)22-34(27)29)36(46)7-5-4-6-25-18-30-10-15-32(45)21-35(30)42-23-25/h25-31,33-36,38-40,42-44,46,48H,3-10,12-15,17-24,41H2,1-2H3/t25-,26?,27+,28?,29?,30+,31-,33-,34?,35-,36-,38?,39?,40?/m1/s1. The zero-order valence-electron chi connectivity index (χ0n) is 30.4. The highest BCUT2D eigenvalue weighted by atomic mass is 16.5. The third kappa shape index (κ3) is 10.8. The summed E-state index contributed by atoms with van der Waals surface area (Å²) in [6, 6.07) is 0.360. The topological polar surface area (TPSA) is 154 Å². The van der Waals surface area contributed by atoms with Gasteiger partial charge in [-0.3, -0.25) is 9.59 Å². The van der Waals surface area contributed by atoms with E-state index in [2.05, 4.69) is 29.4 Å². The Morgan fingerprint density at radius 3 is 2.49 bits per heavy atom. The van der Waals surface area contributed by atoms with Crippen molar-refractivity contribution in [3.63, 3.8) is 0 Å². The highest BCUT2D eigenvalue weighted by molar-refractivity contribution is 5.84. The van der Waals surface area contributed by atoms with Gasteiger partial charge in [-0.25, -0.2) is 0 Å². The number of hydrogen-bond acceptors (Lipinski definition) is 9. The fourth-order valence-corrected chi connectivity index (χ4v) is 10.2. The van der Waals surface area contributed by atoms with Crippen molar-refractivity contribution >= 4 is 11.6 Å². The fraction of sp³-hybridized carbons (Fsp3) is 0.900. The minimum atomic E-state index is -0.787. The number of aliphatic hydroxyl groups excluding tert-OH is 3. The Morgan fingerprint density at radius 2 is 1.69 bits per heavy atom. The summed E-state index contributed by atoms with van der Waals surface area (Å²) >= 11 is 0. The maximum atomic E-state index is 13.5. The summed E-state index contributed by atoms with van der Waals surface area (Å²) < 4.78 is 5.64. The van der Waals surface area contributed by atoms with Gasteiger partial charge in [0.1, 0.15) is 17.5 Å². The molecule has 2 heterocycles. The SMILES string of the molecule is CCC1CNC(N)CC1CC[C@H](O)CC[C@H]1C#C[C@H]([C@H](O)CCCC[C@H]2CN[C@@H]3CC(=O)CC[C@H]3C2)C(=O)CCC2CC(OC)C(O)CC21. The predicted molar refractivity (Wildman–Crippen MR) is 191 cm³/mol. The fourth-order valence-electron chi connectivity index (χ4n) is 10.2. The summed E-state index contributed by atoms with van der Waals surface area (Å²) in [5.41, 5.74) is 6.20. The van der Waals surface area contributed by atoms with Gasteiger partial charge in [-0.05, 0) is 126 Å². The molecule has 5 aliphatic rings. The summed E-state index contributed by atoms with van der Waals surface area (Å²) in [7, 11) is 1.65. The molecule has 3 aliphatic carbocycles. The van der Waals surface area contributed by atoms with Crippen molar-refractivity contribution in [1.82, 2.24) is 10.6 Å². The number of methoxy groups -OCH3 is 1. The predicted octanol–water partition coefficient (Wildman–Crippen LogP) is 4.10. The molecule has 0 amide bonds. The van der Waals surface area contributed by atoms with Crippen LogP contribution >= 0.6 is 0 Å². The summed E-state index contributed by atoms with van der Waals surface area (Å²) in [6.07, 6.45) is 12.6. The number of nitrogens with two attached hydrogens (primary N) is 1. The van der Waals surface area contributed by atoms with Crippen LogP contribution in [0.3, 0.4) is 0 Å². The van der Waals surface area contributed by atoms with Gasteiger partial charge in [0.05, 0.1) is 30.6 Å². The quantitative estimate of drug-likeness (QED) is 0.117. The maximum Gasteiger partial charge on any atom is 0.150 e. The number of ether oxygens (including phenoxy) is 1. The van der Waals surface area contributed by atoms with Crippen molar-refractivity contribution in [3.05, 3.63) is 0 Å². The number of unbranched alkanes of at least 4 members (excludes halogenated alkanes) is 1. The first-order valence-electron chi connectivity index (χ1n) is 20.0. The number of ketones is 2. The average Bonchev–Trinajstić information content (AvgIpc) is 3.15. The Bertz CT molecular complexity index is 1130. The van der Waals surface area contributed by atoms with Crippen LogP contribution in [0.2, 0.25) is 0 Å². The summed E-state index contributed by atoms with van der Waals surface area (Å²) in [6.45, 7) is 4.14. The van der Waals surface area contributed by atoms with E-state index >= 15 is 0 Å². The molecule has 9 nitrogen and oxygen atoms in total. The molecule has 0 aromatic carbocycles. The molecular formula is C40H67N3O6. The number of piperidine rings is 2. The van der Waals surface area contributed by atoms with Crippen LogP contribution in [0, 0.1) is 59.2 Å². The van der Waals surface area contributed by atoms with Crippen LogP contribution < -0.4 is 16.4 Å². The lowest BCUT2D eigenvalue weighted by Crippen LogP contribution is -2.48. The number of carbonyl (C=O) groups excluding carboxylic acids is 2. The van der Waals surface area contributed by atoms with Crippen molar-refractivity contribution < 1.29 is 29.6 Å². The molecular weight excluding hydrogens is 618 g/mol. The van der Waals surface area contributed by atoms with Crippen LogP contribution in [0.25, 0.3) is 0 Å². The van der Waals surface area contributed by atoms with Gasteiger partial charge >= 0.3 is 0 Å². The Balaban J connectivity index is 1.16. The second kappa shape index (κ2) is 18.9. The lowest BCUT2D eigenvalue weighted by Gasteiger charge is -2.41. The van der Waals surface area contributed by atoms with Crippen molar-refractivity contribution in [3.8, 4) is 11.8 Å². The minimum Gasteiger partial charge on any atom is -0.393 e. The number of hydrogen-bond donors (Lipinski definition) is 6. The minimum absolute atomic E-state index is 0.0274. The zero-order valence-corrected chi connectivity index (χ0v) is 30.4. The number of rotatable bonds is 14. The van der Waals surface area contributed by atoms with E-state index in [9.17, 15) is 24.9 Å². The maximum absolute atomic E-state index is 13.5. The smallest absolute Gasteiger partial charge is 0.150 e. The molecule has 278 valence electrons. The third-order valence-electron chi connectivity index (χ3n) is 13.4. The molecule has 0 aromatic rings.